The molecule has 1 saturated heterocycles. The van der Waals surface area contributed by atoms with E-state index in [1.807, 2.05) is 0 Å². The molecule has 0 aromatic carbocycles. The first kappa shape index (κ1) is 11.1. The molecule has 2 fully saturated rings. The molecule has 3 heteroatoms. The quantitative estimate of drug-likeness (QED) is 0.735. The van der Waals surface area contributed by atoms with Crippen molar-refractivity contribution < 1.29 is 9.90 Å². The minimum atomic E-state index is 0.287. The number of Topliss-reactive ketones (excluding diaryl/α,β-unsaturated/α-hetero) is 1. The lowest BCUT2D eigenvalue weighted by atomic mass is 9.71. The van der Waals surface area contributed by atoms with Gasteiger partial charge in [0, 0.05) is 25.5 Å². The number of hydrogen-bond acceptors (Lipinski definition) is 3. The minimum Gasteiger partial charge on any atom is -0.396 e. The molecule has 0 aromatic rings. The molecular formula is C12H21NO2. The molecule has 1 heterocycles. The van der Waals surface area contributed by atoms with Gasteiger partial charge in [-0.2, -0.15) is 0 Å². The van der Waals surface area contributed by atoms with Gasteiger partial charge in [0.15, 0.2) is 0 Å². The monoisotopic (exact) mass is 211 g/mol. The predicted octanol–water partition coefficient (Wildman–Crippen LogP) is 1.11. The summed E-state index contributed by atoms with van der Waals surface area (Å²) in [6.45, 7) is 1.38. The van der Waals surface area contributed by atoms with Crippen molar-refractivity contribution in [3.05, 3.63) is 0 Å². The smallest absolute Gasteiger partial charge is 0.133 e. The fraction of sp³-hybridized carbons (Fsp3) is 0.917. The Morgan fingerprint density at radius 2 is 2.27 bits per heavy atom. The SMILES string of the molecule is O=C1CC[C@@H]2NCC[C@@H](CCCO)[C@H]2C1. The van der Waals surface area contributed by atoms with E-state index in [9.17, 15) is 4.79 Å². The fourth-order valence-electron chi connectivity index (χ4n) is 3.17. The van der Waals surface area contributed by atoms with E-state index in [0.717, 1.165) is 38.6 Å². The number of rotatable bonds is 3. The number of hydrogen-bond donors (Lipinski definition) is 2. The van der Waals surface area contributed by atoms with E-state index in [4.69, 9.17) is 5.11 Å². The Morgan fingerprint density at radius 3 is 3.07 bits per heavy atom. The molecule has 0 aromatic heterocycles. The molecule has 0 radical (unpaired) electrons. The topological polar surface area (TPSA) is 49.3 Å². The number of carbonyl (C=O) groups excluding carboxylic acids is 1. The van der Waals surface area contributed by atoms with Crippen molar-refractivity contribution in [1.82, 2.24) is 5.32 Å². The lowest BCUT2D eigenvalue weighted by Crippen LogP contribution is -2.49. The fourth-order valence-corrected chi connectivity index (χ4v) is 3.17. The van der Waals surface area contributed by atoms with E-state index in [2.05, 4.69) is 5.32 Å². The van der Waals surface area contributed by atoms with Crippen LogP contribution in [0.3, 0.4) is 0 Å². The zero-order valence-corrected chi connectivity index (χ0v) is 9.24. The third kappa shape index (κ3) is 2.58. The molecule has 2 N–H and O–H groups in total. The van der Waals surface area contributed by atoms with Gasteiger partial charge in [0.05, 0.1) is 0 Å². The van der Waals surface area contributed by atoms with E-state index < -0.39 is 0 Å². The molecule has 0 bridgehead atoms. The summed E-state index contributed by atoms with van der Waals surface area (Å²) >= 11 is 0. The maximum atomic E-state index is 11.5. The molecule has 86 valence electrons. The van der Waals surface area contributed by atoms with Crippen molar-refractivity contribution in [1.29, 1.82) is 0 Å². The summed E-state index contributed by atoms with van der Waals surface area (Å²) in [4.78, 5) is 11.5. The van der Waals surface area contributed by atoms with E-state index in [0.29, 0.717) is 23.7 Å². The highest BCUT2D eigenvalue weighted by Crippen LogP contribution is 2.35. The Balaban J connectivity index is 1.94. The summed E-state index contributed by atoms with van der Waals surface area (Å²) in [5.74, 6) is 1.65. The zero-order valence-electron chi connectivity index (χ0n) is 9.24. The number of nitrogens with one attached hydrogen (secondary N) is 1. The molecule has 0 unspecified atom stereocenters. The lowest BCUT2D eigenvalue weighted by molar-refractivity contribution is -0.123. The summed E-state index contributed by atoms with van der Waals surface area (Å²) in [5, 5.41) is 12.4. The molecule has 0 amide bonds. The number of ketones is 1. The van der Waals surface area contributed by atoms with Crippen molar-refractivity contribution in [2.75, 3.05) is 13.2 Å². The van der Waals surface area contributed by atoms with Crippen LogP contribution in [0, 0.1) is 11.8 Å². The molecular weight excluding hydrogens is 190 g/mol. The van der Waals surface area contributed by atoms with Crippen molar-refractivity contribution in [3.63, 3.8) is 0 Å². The average Bonchev–Trinajstić information content (AvgIpc) is 2.26. The van der Waals surface area contributed by atoms with Crippen molar-refractivity contribution >= 4 is 5.78 Å². The molecule has 0 spiro atoms. The van der Waals surface area contributed by atoms with Gasteiger partial charge in [-0.1, -0.05) is 0 Å². The second-order valence-electron chi connectivity index (χ2n) is 4.92. The molecule has 15 heavy (non-hydrogen) atoms. The minimum absolute atomic E-state index is 0.287. The second kappa shape index (κ2) is 5.08. The van der Waals surface area contributed by atoms with Crippen molar-refractivity contribution in [2.45, 2.75) is 44.6 Å². The summed E-state index contributed by atoms with van der Waals surface area (Å²) in [6.07, 6.45) is 5.72. The first-order chi connectivity index (χ1) is 7.31. The Morgan fingerprint density at radius 1 is 1.40 bits per heavy atom. The summed E-state index contributed by atoms with van der Waals surface area (Å²) in [7, 11) is 0. The highest BCUT2D eigenvalue weighted by Gasteiger charge is 2.36. The van der Waals surface area contributed by atoms with Gasteiger partial charge in [-0.3, -0.25) is 4.79 Å². The summed E-state index contributed by atoms with van der Waals surface area (Å²) in [5.41, 5.74) is 0. The number of aliphatic hydroxyl groups is 1. The largest absolute Gasteiger partial charge is 0.396 e. The Labute approximate surface area is 91.2 Å². The van der Waals surface area contributed by atoms with E-state index in [-0.39, 0.29) is 6.61 Å². The zero-order chi connectivity index (χ0) is 10.7. The highest BCUT2D eigenvalue weighted by molar-refractivity contribution is 5.79. The van der Waals surface area contributed by atoms with Gasteiger partial charge in [-0.25, -0.2) is 0 Å². The third-order valence-electron chi connectivity index (χ3n) is 3.97. The van der Waals surface area contributed by atoms with Crippen LogP contribution in [0.2, 0.25) is 0 Å². The van der Waals surface area contributed by atoms with Crippen molar-refractivity contribution in [2.24, 2.45) is 11.8 Å². The van der Waals surface area contributed by atoms with Gasteiger partial charge in [0.2, 0.25) is 0 Å². The van der Waals surface area contributed by atoms with Gasteiger partial charge >= 0.3 is 0 Å². The van der Waals surface area contributed by atoms with Crippen LogP contribution in [-0.2, 0) is 4.79 Å². The number of aliphatic hydroxyl groups excluding tert-OH is 1. The van der Waals surface area contributed by atoms with E-state index in [1.165, 1.54) is 6.42 Å². The number of carbonyl (C=O) groups is 1. The van der Waals surface area contributed by atoms with Crippen LogP contribution >= 0.6 is 0 Å². The van der Waals surface area contributed by atoms with E-state index >= 15 is 0 Å². The highest BCUT2D eigenvalue weighted by atomic mass is 16.2. The van der Waals surface area contributed by atoms with Gasteiger partial charge in [0.25, 0.3) is 0 Å². The van der Waals surface area contributed by atoms with Crippen LogP contribution in [0.25, 0.3) is 0 Å². The van der Waals surface area contributed by atoms with Crippen LogP contribution < -0.4 is 5.32 Å². The second-order valence-corrected chi connectivity index (χ2v) is 4.92. The molecule has 3 nitrogen and oxygen atoms in total. The van der Waals surface area contributed by atoms with Crippen LogP contribution in [0.5, 0.6) is 0 Å². The third-order valence-corrected chi connectivity index (χ3v) is 3.97. The standard InChI is InChI=1S/C12H21NO2/c14-7-1-2-9-5-6-13-12-4-3-10(15)8-11(9)12/h9,11-14H,1-8H2/t9-,11-,12+/m1/s1. The maximum Gasteiger partial charge on any atom is 0.133 e. The Bertz CT molecular complexity index is 230. The molecule has 1 saturated carbocycles. The molecule has 1 aliphatic carbocycles. The van der Waals surface area contributed by atoms with Gasteiger partial charge in [-0.15, -0.1) is 0 Å². The van der Waals surface area contributed by atoms with Crippen LogP contribution in [0.1, 0.15) is 38.5 Å². The number of piperidine rings is 1. The van der Waals surface area contributed by atoms with Gasteiger partial charge in [0.1, 0.15) is 5.78 Å². The van der Waals surface area contributed by atoms with E-state index in [1.54, 1.807) is 0 Å². The van der Waals surface area contributed by atoms with Gasteiger partial charge < -0.3 is 10.4 Å². The predicted molar refractivity (Wildman–Crippen MR) is 58.6 cm³/mol. The number of fused-ring (bicyclic) bond motifs is 1. The Kier molecular flexibility index (Phi) is 3.76. The van der Waals surface area contributed by atoms with Crippen LogP contribution in [-0.4, -0.2) is 30.1 Å². The summed E-state index contributed by atoms with van der Waals surface area (Å²) in [6, 6.07) is 0.570. The van der Waals surface area contributed by atoms with Crippen LogP contribution in [0.4, 0.5) is 0 Å². The molecule has 2 aliphatic rings. The molecule has 3 atom stereocenters. The first-order valence-electron chi connectivity index (χ1n) is 6.17. The van der Waals surface area contributed by atoms with Crippen molar-refractivity contribution in [3.8, 4) is 0 Å². The molecule has 2 rings (SSSR count). The first-order valence-corrected chi connectivity index (χ1v) is 6.17. The lowest BCUT2D eigenvalue weighted by Gasteiger charge is -2.41. The average molecular weight is 211 g/mol. The van der Waals surface area contributed by atoms with Crippen LogP contribution in [0.15, 0.2) is 0 Å². The maximum absolute atomic E-state index is 11.5. The van der Waals surface area contributed by atoms with Gasteiger partial charge in [-0.05, 0) is 44.1 Å². The Hall–Kier alpha value is -0.410. The normalized spacial score (nSPS) is 36.3. The summed E-state index contributed by atoms with van der Waals surface area (Å²) < 4.78 is 0. The molecule has 1 aliphatic heterocycles.